The fourth-order valence-electron chi connectivity index (χ4n) is 5.34. The van der Waals surface area contributed by atoms with Crippen molar-refractivity contribution in [2.45, 2.75) is 102 Å². The fourth-order valence-corrected chi connectivity index (χ4v) is 8.12. The molecular formula is C26H36N4O4S4. The molecule has 2 heterocycles. The highest BCUT2D eigenvalue weighted by Gasteiger charge is 2.41. The minimum atomic E-state index is -0.306. The molecular weight excluding hydrogens is 561 g/mol. The van der Waals surface area contributed by atoms with Crippen molar-refractivity contribution < 1.29 is 19.2 Å². The average molecular weight is 597 g/mol. The van der Waals surface area contributed by atoms with Crippen molar-refractivity contribution >= 4 is 80.2 Å². The van der Waals surface area contributed by atoms with Crippen molar-refractivity contribution in [3.8, 4) is 0 Å². The Hall–Kier alpha value is -1.50. The Morgan fingerprint density at radius 2 is 1.05 bits per heavy atom. The Morgan fingerprint density at radius 1 is 0.684 bits per heavy atom. The van der Waals surface area contributed by atoms with Gasteiger partial charge in [0.05, 0.1) is 9.81 Å². The molecule has 4 rings (SSSR count). The molecule has 2 aliphatic heterocycles. The Morgan fingerprint density at radius 3 is 1.42 bits per heavy atom. The molecule has 208 valence electrons. The topological polar surface area (TPSA) is 98.8 Å². The van der Waals surface area contributed by atoms with Crippen molar-refractivity contribution in [1.29, 1.82) is 0 Å². The highest BCUT2D eigenvalue weighted by molar-refractivity contribution is 8.29. The minimum absolute atomic E-state index is 0.00985. The summed E-state index contributed by atoms with van der Waals surface area (Å²) in [6.07, 6.45) is 12.9. The van der Waals surface area contributed by atoms with Crippen LogP contribution in [-0.2, 0) is 19.2 Å². The number of hydrogen-bond acceptors (Lipinski definition) is 8. The van der Waals surface area contributed by atoms with Gasteiger partial charge in [-0.05, 0) is 38.5 Å². The lowest BCUT2D eigenvalue weighted by atomic mass is 9.95. The molecule has 0 atom stereocenters. The molecule has 38 heavy (non-hydrogen) atoms. The first-order valence-electron chi connectivity index (χ1n) is 13.7. The van der Waals surface area contributed by atoms with Gasteiger partial charge in [0.15, 0.2) is 0 Å². The van der Waals surface area contributed by atoms with Crippen LogP contribution in [0.3, 0.4) is 0 Å². The van der Waals surface area contributed by atoms with E-state index in [1.165, 1.54) is 22.6 Å². The molecule has 8 nitrogen and oxygen atoms in total. The number of hydrogen-bond donors (Lipinski definition) is 2. The standard InChI is InChI=1S/C26H36N4O4S4/c31-19(27-17-9-3-1-4-10-17)13-7-15-29-23(33)21(37-25(29)35)22-24(34)30(26(36)38-22)16-8-14-20(32)28-18-11-5-2-6-12-18/h17-18H,1-16H2,(H,27,31)(H,28,32)/b22-21+. The van der Waals surface area contributed by atoms with Gasteiger partial charge in [0, 0.05) is 38.0 Å². The van der Waals surface area contributed by atoms with Gasteiger partial charge >= 0.3 is 0 Å². The number of thioether (sulfide) groups is 2. The third kappa shape index (κ3) is 7.79. The van der Waals surface area contributed by atoms with Crippen LogP contribution in [0.1, 0.15) is 89.9 Å². The smallest absolute Gasteiger partial charge is 0.267 e. The van der Waals surface area contributed by atoms with Gasteiger partial charge < -0.3 is 10.6 Å². The van der Waals surface area contributed by atoms with E-state index in [1.807, 2.05) is 0 Å². The van der Waals surface area contributed by atoms with E-state index in [-0.39, 0.29) is 35.7 Å². The predicted octanol–water partition coefficient (Wildman–Crippen LogP) is 4.38. The van der Waals surface area contributed by atoms with Gasteiger partial charge in [-0.15, -0.1) is 0 Å². The molecule has 2 aliphatic carbocycles. The normalized spacial score (nSPS) is 23.5. The molecule has 0 spiro atoms. The van der Waals surface area contributed by atoms with E-state index in [1.54, 1.807) is 0 Å². The summed E-state index contributed by atoms with van der Waals surface area (Å²) in [7, 11) is 0. The van der Waals surface area contributed by atoms with Crippen molar-refractivity contribution in [1.82, 2.24) is 20.4 Å². The molecule has 4 amide bonds. The summed E-state index contributed by atoms with van der Waals surface area (Å²) >= 11 is 13.1. The van der Waals surface area contributed by atoms with Crippen LogP contribution in [0.4, 0.5) is 0 Å². The van der Waals surface area contributed by atoms with E-state index in [9.17, 15) is 19.2 Å². The van der Waals surface area contributed by atoms with Crippen molar-refractivity contribution in [2.24, 2.45) is 0 Å². The zero-order valence-corrected chi connectivity index (χ0v) is 24.9. The third-order valence-electron chi connectivity index (χ3n) is 7.42. The van der Waals surface area contributed by atoms with Crippen LogP contribution in [0.2, 0.25) is 0 Å². The number of nitrogens with one attached hydrogen (secondary N) is 2. The molecule has 2 N–H and O–H groups in total. The maximum absolute atomic E-state index is 13.1. The molecule has 2 saturated carbocycles. The third-order valence-corrected chi connectivity index (χ3v) is 10.4. The summed E-state index contributed by atoms with van der Waals surface area (Å²) in [6.45, 7) is 0.672. The van der Waals surface area contributed by atoms with Gasteiger partial charge in [0.1, 0.15) is 8.64 Å². The van der Waals surface area contributed by atoms with Crippen LogP contribution in [0.5, 0.6) is 0 Å². The molecule has 0 aromatic heterocycles. The van der Waals surface area contributed by atoms with Gasteiger partial charge in [-0.25, -0.2) is 0 Å². The van der Waals surface area contributed by atoms with E-state index in [4.69, 9.17) is 24.4 Å². The van der Waals surface area contributed by atoms with Gasteiger partial charge in [-0.2, -0.15) is 0 Å². The van der Waals surface area contributed by atoms with Gasteiger partial charge in [0.2, 0.25) is 11.8 Å². The zero-order chi connectivity index (χ0) is 27.1. The summed E-state index contributed by atoms with van der Waals surface area (Å²) in [4.78, 5) is 54.4. The molecule has 4 fully saturated rings. The number of nitrogens with zero attached hydrogens (tertiary/aromatic N) is 2. The summed E-state index contributed by atoms with van der Waals surface area (Å²) in [5, 5.41) is 6.19. The highest BCUT2D eigenvalue weighted by atomic mass is 32.2. The fraction of sp³-hybridized carbons (Fsp3) is 0.692. The second-order valence-corrected chi connectivity index (χ2v) is 13.6. The lowest BCUT2D eigenvalue weighted by molar-refractivity contribution is -0.125. The Labute approximate surface area is 243 Å². The number of carbonyl (C=O) groups is 4. The van der Waals surface area contributed by atoms with Crippen LogP contribution < -0.4 is 10.6 Å². The Bertz CT molecular complexity index is 927. The van der Waals surface area contributed by atoms with Crippen molar-refractivity contribution in [3.63, 3.8) is 0 Å². The lowest BCUT2D eigenvalue weighted by Gasteiger charge is -2.23. The monoisotopic (exact) mass is 596 g/mol. The molecule has 0 unspecified atom stereocenters. The molecule has 12 heteroatoms. The van der Waals surface area contributed by atoms with Gasteiger partial charge in [0.25, 0.3) is 11.8 Å². The van der Waals surface area contributed by atoms with Gasteiger partial charge in [-0.3, -0.25) is 29.0 Å². The van der Waals surface area contributed by atoms with Crippen LogP contribution in [-0.4, -0.2) is 67.2 Å². The largest absolute Gasteiger partial charge is 0.353 e. The van der Waals surface area contributed by atoms with E-state index in [0.29, 0.717) is 57.2 Å². The second kappa shape index (κ2) is 14.2. The maximum Gasteiger partial charge on any atom is 0.267 e. The van der Waals surface area contributed by atoms with Crippen LogP contribution in [0, 0.1) is 0 Å². The summed E-state index contributed by atoms with van der Waals surface area (Å²) in [5.74, 6) is -0.591. The first-order valence-corrected chi connectivity index (χ1v) is 16.2. The lowest BCUT2D eigenvalue weighted by Crippen LogP contribution is -2.37. The molecule has 4 aliphatic rings. The zero-order valence-electron chi connectivity index (χ0n) is 21.6. The molecule has 2 saturated heterocycles. The van der Waals surface area contributed by atoms with Crippen LogP contribution in [0.15, 0.2) is 9.81 Å². The Balaban J connectivity index is 1.24. The molecule has 0 radical (unpaired) electrons. The van der Waals surface area contributed by atoms with E-state index in [2.05, 4.69) is 10.6 Å². The van der Waals surface area contributed by atoms with E-state index < -0.39 is 0 Å². The van der Waals surface area contributed by atoms with Gasteiger partial charge in [-0.1, -0.05) is 86.5 Å². The average Bonchev–Trinajstić information content (AvgIpc) is 3.34. The maximum atomic E-state index is 13.1. The van der Waals surface area contributed by atoms with E-state index in [0.717, 1.165) is 74.9 Å². The number of carbonyl (C=O) groups excluding carboxylic acids is 4. The summed E-state index contributed by atoms with van der Waals surface area (Å²) < 4.78 is 0.782. The minimum Gasteiger partial charge on any atom is -0.353 e. The van der Waals surface area contributed by atoms with Crippen LogP contribution in [0.25, 0.3) is 0 Å². The second-order valence-electron chi connectivity index (χ2n) is 10.3. The first kappa shape index (κ1) is 29.5. The summed E-state index contributed by atoms with van der Waals surface area (Å²) in [5.41, 5.74) is 0. The van der Waals surface area contributed by atoms with Crippen molar-refractivity contribution in [3.05, 3.63) is 9.81 Å². The molecule has 0 bridgehead atoms. The number of rotatable bonds is 10. The number of thiocarbonyl (C=S) groups is 2. The SMILES string of the molecule is O=C(CCCN1C(=O)/C(=C2\SC(=S)N(CCCC(=O)NC3CCCCC3)C2=O)SC1=S)NC1CCCCC1. The van der Waals surface area contributed by atoms with Crippen LogP contribution >= 0.6 is 48.0 Å². The van der Waals surface area contributed by atoms with Crippen molar-refractivity contribution in [2.75, 3.05) is 13.1 Å². The Kier molecular flexibility index (Phi) is 11.0. The highest BCUT2D eigenvalue weighted by Crippen LogP contribution is 2.42. The first-order chi connectivity index (χ1) is 18.3. The number of amides is 4. The quantitative estimate of drug-likeness (QED) is 0.283. The predicted molar refractivity (Wildman–Crippen MR) is 159 cm³/mol. The van der Waals surface area contributed by atoms with E-state index >= 15 is 0 Å². The molecule has 0 aromatic carbocycles. The molecule has 0 aromatic rings. The summed E-state index contributed by atoms with van der Waals surface area (Å²) in [6, 6.07) is 0.530.